The molecule has 3 heterocycles. The van der Waals surface area contributed by atoms with E-state index >= 15 is 0 Å². The summed E-state index contributed by atoms with van der Waals surface area (Å²) >= 11 is 0. The number of nitrogens with zero attached hydrogens (tertiary/aromatic N) is 2. The van der Waals surface area contributed by atoms with Crippen molar-refractivity contribution in [3.05, 3.63) is 60.4 Å². The predicted octanol–water partition coefficient (Wildman–Crippen LogP) is 4.61. The van der Waals surface area contributed by atoms with Crippen molar-refractivity contribution in [3.8, 4) is 11.1 Å². The summed E-state index contributed by atoms with van der Waals surface area (Å²) in [6, 6.07) is 16.8. The van der Waals surface area contributed by atoms with Gasteiger partial charge in [0.05, 0.1) is 6.26 Å². The van der Waals surface area contributed by atoms with Crippen molar-refractivity contribution in [3.63, 3.8) is 0 Å². The molecule has 3 aliphatic rings. The number of carbonyl (C=O) groups is 1. The van der Waals surface area contributed by atoms with Gasteiger partial charge in [0.15, 0.2) is 0 Å². The minimum atomic E-state index is -0.508. The largest absolute Gasteiger partial charge is 0.464 e. The van der Waals surface area contributed by atoms with Crippen molar-refractivity contribution in [2.75, 3.05) is 19.6 Å². The van der Waals surface area contributed by atoms with E-state index in [-0.39, 0.29) is 5.91 Å². The molecule has 1 spiro atoms. The summed E-state index contributed by atoms with van der Waals surface area (Å²) in [6.45, 7) is 2.80. The Morgan fingerprint density at radius 2 is 1.81 bits per heavy atom. The summed E-state index contributed by atoms with van der Waals surface area (Å²) in [5, 5.41) is 4.53. The number of nitrogens with one attached hydrogen (secondary N) is 1. The molecule has 0 bridgehead atoms. The molecule has 5 heteroatoms. The third-order valence-electron chi connectivity index (χ3n) is 7.18. The highest BCUT2D eigenvalue weighted by molar-refractivity contribution is 6.15. The van der Waals surface area contributed by atoms with Crippen LogP contribution in [-0.2, 0) is 4.79 Å². The van der Waals surface area contributed by atoms with Gasteiger partial charge in [-0.25, -0.2) is 0 Å². The molecule has 1 saturated heterocycles. The Morgan fingerprint density at radius 1 is 1.03 bits per heavy atom. The number of furan rings is 1. The Morgan fingerprint density at radius 3 is 2.58 bits per heavy atom. The first-order chi connectivity index (χ1) is 15.2. The van der Waals surface area contributed by atoms with Crippen LogP contribution >= 0.6 is 0 Å². The molecule has 1 aromatic heterocycles. The highest BCUT2D eigenvalue weighted by Gasteiger charge is 2.50. The summed E-state index contributed by atoms with van der Waals surface area (Å²) in [5.74, 6) is 1.60. The van der Waals surface area contributed by atoms with Crippen molar-refractivity contribution in [2.45, 2.75) is 37.6 Å². The summed E-state index contributed by atoms with van der Waals surface area (Å²) in [5.41, 5.74) is 3.74. The predicted molar refractivity (Wildman–Crippen MR) is 122 cm³/mol. The number of carbonyl (C=O) groups excluding carboxylic acids is 1. The van der Waals surface area contributed by atoms with E-state index in [1.165, 1.54) is 0 Å². The lowest BCUT2D eigenvalue weighted by molar-refractivity contribution is -0.131. The second-order valence-corrected chi connectivity index (χ2v) is 9.20. The molecule has 2 fully saturated rings. The fourth-order valence-corrected chi connectivity index (χ4v) is 5.42. The number of benzene rings is 2. The van der Waals surface area contributed by atoms with Crippen LogP contribution in [-0.4, -0.2) is 41.8 Å². The number of fused-ring (bicyclic) bond motifs is 1. The van der Waals surface area contributed by atoms with Gasteiger partial charge >= 0.3 is 0 Å². The van der Waals surface area contributed by atoms with Crippen LogP contribution in [0.5, 0.6) is 0 Å². The van der Waals surface area contributed by atoms with Gasteiger partial charge in [0.25, 0.3) is 5.91 Å². The molecule has 1 atom stereocenters. The van der Waals surface area contributed by atoms with E-state index < -0.39 is 5.54 Å². The third-order valence-corrected chi connectivity index (χ3v) is 7.18. The van der Waals surface area contributed by atoms with Crippen LogP contribution in [0.4, 0.5) is 0 Å². The maximum Gasteiger partial charge on any atom is 0.256 e. The number of hydrogen-bond acceptors (Lipinski definition) is 4. The summed E-state index contributed by atoms with van der Waals surface area (Å²) in [4.78, 5) is 20.6. The first-order valence-electron chi connectivity index (χ1n) is 11.4. The number of hydrogen-bond donors (Lipinski definition) is 1. The fourth-order valence-electron chi connectivity index (χ4n) is 5.42. The monoisotopic (exact) mass is 413 g/mol. The molecule has 1 unspecified atom stereocenters. The molecule has 1 N–H and O–H groups in total. The highest BCUT2D eigenvalue weighted by atomic mass is 16.3. The van der Waals surface area contributed by atoms with Crippen LogP contribution in [0.2, 0.25) is 0 Å². The fraction of sp³-hybridized carbons (Fsp3) is 0.385. The lowest BCUT2D eigenvalue weighted by Crippen LogP contribution is -2.43. The average molecular weight is 414 g/mol. The van der Waals surface area contributed by atoms with Crippen LogP contribution in [0.1, 0.15) is 37.7 Å². The normalized spacial score (nSPS) is 22.7. The second-order valence-electron chi connectivity index (χ2n) is 9.20. The zero-order valence-electron chi connectivity index (χ0n) is 17.6. The minimum Gasteiger partial charge on any atom is -0.464 e. The van der Waals surface area contributed by atoms with Crippen molar-refractivity contribution >= 4 is 22.7 Å². The second kappa shape index (κ2) is 7.34. The molecular formula is C26H27N3O2. The molecule has 0 radical (unpaired) electrons. The van der Waals surface area contributed by atoms with Crippen molar-refractivity contribution in [1.29, 1.82) is 0 Å². The number of amidine groups is 1. The summed E-state index contributed by atoms with van der Waals surface area (Å²) in [6.07, 6.45) is 6.81. The lowest BCUT2D eigenvalue weighted by Gasteiger charge is -2.25. The van der Waals surface area contributed by atoms with Crippen LogP contribution in [0.25, 0.3) is 22.1 Å². The van der Waals surface area contributed by atoms with Gasteiger partial charge in [0.2, 0.25) is 0 Å². The molecule has 3 aromatic rings. The van der Waals surface area contributed by atoms with Crippen LogP contribution in [0.15, 0.2) is 64.2 Å². The Hall–Kier alpha value is -2.92. The quantitative estimate of drug-likeness (QED) is 0.679. The zero-order valence-corrected chi connectivity index (χ0v) is 17.6. The van der Waals surface area contributed by atoms with Gasteiger partial charge < -0.3 is 9.73 Å². The molecule has 158 valence electrons. The van der Waals surface area contributed by atoms with Gasteiger partial charge in [-0.05, 0) is 67.6 Å². The Balaban J connectivity index is 1.33. The van der Waals surface area contributed by atoms with Crippen LogP contribution < -0.4 is 5.32 Å². The van der Waals surface area contributed by atoms with E-state index in [0.717, 1.165) is 85.2 Å². The van der Waals surface area contributed by atoms with Gasteiger partial charge in [0, 0.05) is 17.5 Å². The maximum atomic E-state index is 13.5. The van der Waals surface area contributed by atoms with Crippen molar-refractivity contribution in [2.24, 2.45) is 10.9 Å². The van der Waals surface area contributed by atoms with Crippen LogP contribution in [0.3, 0.4) is 0 Å². The van der Waals surface area contributed by atoms with E-state index in [4.69, 9.17) is 9.41 Å². The minimum absolute atomic E-state index is 0.224. The molecule has 1 aliphatic carbocycles. The molecule has 2 aromatic carbocycles. The number of aliphatic imine (C=N–C) groups is 1. The van der Waals surface area contributed by atoms with E-state index in [0.29, 0.717) is 5.92 Å². The van der Waals surface area contributed by atoms with Gasteiger partial charge in [-0.1, -0.05) is 43.2 Å². The molecular weight excluding hydrogens is 386 g/mol. The van der Waals surface area contributed by atoms with Crippen LogP contribution in [0, 0.1) is 5.92 Å². The smallest absolute Gasteiger partial charge is 0.256 e. The van der Waals surface area contributed by atoms with E-state index in [9.17, 15) is 4.79 Å². The first-order valence-corrected chi connectivity index (χ1v) is 11.4. The van der Waals surface area contributed by atoms with Gasteiger partial charge in [-0.3, -0.25) is 14.7 Å². The molecule has 31 heavy (non-hydrogen) atoms. The number of amides is 1. The third kappa shape index (κ3) is 3.19. The standard InChI is InChI=1S/C26H27N3O2/c30-25-26(11-1-2-12-26)28-24(29(25)17-18-9-13-27-16-18)20-5-3-19(4-6-20)21-7-8-23-22(15-21)10-14-31-23/h3-8,10,14-15,18,27H,1-2,9,11-13,16-17H2. The molecule has 6 rings (SSSR count). The molecule has 1 amide bonds. The summed E-state index contributed by atoms with van der Waals surface area (Å²) in [7, 11) is 0. The average Bonchev–Trinajstić information content (AvgIpc) is 3.60. The lowest BCUT2D eigenvalue weighted by atomic mass is 9.97. The molecule has 5 nitrogen and oxygen atoms in total. The molecule has 1 saturated carbocycles. The van der Waals surface area contributed by atoms with Gasteiger partial charge in [0.1, 0.15) is 17.0 Å². The zero-order chi connectivity index (χ0) is 20.8. The van der Waals surface area contributed by atoms with Gasteiger partial charge in [-0.2, -0.15) is 0 Å². The maximum absolute atomic E-state index is 13.5. The highest BCUT2D eigenvalue weighted by Crippen LogP contribution is 2.40. The Labute approximate surface area is 182 Å². The van der Waals surface area contributed by atoms with E-state index in [1.807, 2.05) is 17.0 Å². The van der Waals surface area contributed by atoms with E-state index in [2.05, 4.69) is 41.7 Å². The topological polar surface area (TPSA) is 57.8 Å². The molecule has 2 aliphatic heterocycles. The Kier molecular flexibility index (Phi) is 4.46. The summed E-state index contributed by atoms with van der Waals surface area (Å²) < 4.78 is 5.46. The van der Waals surface area contributed by atoms with Crippen molar-refractivity contribution < 1.29 is 9.21 Å². The van der Waals surface area contributed by atoms with Crippen molar-refractivity contribution in [1.82, 2.24) is 10.2 Å². The van der Waals surface area contributed by atoms with Gasteiger partial charge in [-0.15, -0.1) is 0 Å². The first kappa shape index (κ1) is 18.8. The van der Waals surface area contributed by atoms with E-state index in [1.54, 1.807) is 6.26 Å². The SMILES string of the molecule is O=C1N(CC2CCNC2)C(c2ccc(-c3ccc4occc4c3)cc2)=NC12CCCC2. The Bertz CT molecular complexity index is 1150. The number of rotatable bonds is 4.